The van der Waals surface area contributed by atoms with Crippen LogP contribution in [0.4, 0.5) is 0 Å². The van der Waals surface area contributed by atoms with Crippen molar-refractivity contribution in [3.63, 3.8) is 0 Å². The first-order chi connectivity index (χ1) is 8.43. The summed E-state index contributed by atoms with van der Waals surface area (Å²) in [5, 5.41) is 35.0. The zero-order valence-corrected chi connectivity index (χ0v) is 10.9. The van der Waals surface area contributed by atoms with Crippen molar-refractivity contribution in [3.8, 4) is 11.5 Å². The molecule has 1 rings (SSSR count). The van der Waals surface area contributed by atoms with Gasteiger partial charge in [-0.05, 0) is 46.6 Å². The second-order valence-electron chi connectivity index (χ2n) is 3.32. The fourth-order valence-electron chi connectivity index (χ4n) is 1.36. The quantitative estimate of drug-likeness (QED) is 0.436. The highest BCUT2D eigenvalue weighted by Gasteiger charge is 2.14. The van der Waals surface area contributed by atoms with Gasteiger partial charge in [0, 0.05) is 0 Å². The lowest BCUT2D eigenvalue weighted by Gasteiger charge is -2.16. The van der Waals surface area contributed by atoms with Crippen LogP contribution in [0.2, 0.25) is 0 Å². The molecule has 0 amide bonds. The van der Waals surface area contributed by atoms with Crippen molar-refractivity contribution in [1.29, 1.82) is 0 Å². The highest BCUT2D eigenvalue weighted by Crippen LogP contribution is 2.33. The zero-order chi connectivity index (χ0) is 13.7. The van der Waals surface area contributed by atoms with Gasteiger partial charge in [-0.1, -0.05) is 0 Å². The summed E-state index contributed by atoms with van der Waals surface area (Å²) in [5.41, 5.74) is 5.96. The summed E-state index contributed by atoms with van der Waals surface area (Å²) in [7, 11) is 0. The van der Waals surface area contributed by atoms with Crippen molar-refractivity contribution in [2.24, 2.45) is 5.73 Å². The Hall–Kier alpha value is -0.900. The Morgan fingerprint density at radius 1 is 1.06 bits per heavy atom. The standard InChI is InChI=1S/C10H14BrNO6/c11-6-4-7(17-9(13)14)5(1-2-12)3-8(6)18-10(15)16/h3-4,9-10,13-16H,1-2,12H2. The predicted octanol–water partition coefficient (Wildman–Crippen LogP) is -0.756. The lowest BCUT2D eigenvalue weighted by molar-refractivity contribution is -0.182. The number of rotatable bonds is 6. The number of nitrogens with two attached hydrogens (primary N) is 1. The fourth-order valence-corrected chi connectivity index (χ4v) is 1.77. The van der Waals surface area contributed by atoms with E-state index in [0.717, 1.165) is 0 Å². The molecule has 0 aliphatic rings. The van der Waals surface area contributed by atoms with Crippen LogP contribution < -0.4 is 15.2 Å². The third kappa shape index (κ3) is 4.41. The minimum absolute atomic E-state index is 0.174. The summed E-state index contributed by atoms with van der Waals surface area (Å²) >= 11 is 3.13. The Morgan fingerprint density at radius 3 is 2.11 bits per heavy atom. The number of ether oxygens (including phenoxy) is 2. The fraction of sp³-hybridized carbons (Fsp3) is 0.400. The van der Waals surface area contributed by atoms with E-state index in [-0.39, 0.29) is 11.5 Å². The summed E-state index contributed by atoms with van der Waals surface area (Å²) < 4.78 is 9.89. The Kier molecular flexibility index (Phi) is 5.79. The predicted molar refractivity (Wildman–Crippen MR) is 64.6 cm³/mol. The third-order valence-electron chi connectivity index (χ3n) is 1.99. The molecule has 1 aromatic carbocycles. The Labute approximate surface area is 112 Å². The van der Waals surface area contributed by atoms with Gasteiger partial charge >= 0.3 is 13.0 Å². The number of halogens is 1. The van der Waals surface area contributed by atoms with E-state index in [0.29, 0.717) is 23.0 Å². The lowest BCUT2D eigenvalue weighted by Crippen LogP contribution is -2.17. The summed E-state index contributed by atoms with van der Waals surface area (Å²) in [6.07, 6.45) is 0.396. The van der Waals surface area contributed by atoms with E-state index in [1.807, 2.05) is 0 Å². The van der Waals surface area contributed by atoms with Crippen LogP contribution in [-0.2, 0) is 6.42 Å². The monoisotopic (exact) mass is 323 g/mol. The highest BCUT2D eigenvalue weighted by atomic mass is 79.9. The van der Waals surface area contributed by atoms with Gasteiger partial charge in [0.1, 0.15) is 11.5 Å². The summed E-state index contributed by atoms with van der Waals surface area (Å²) in [6.45, 7) is -3.61. The van der Waals surface area contributed by atoms with E-state index in [2.05, 4.69) is 15.9 Å². The summed E-state index contributed by atoms with van der Waals surface area (Å²) in [6, 6.07) is 2.89. The second kappa shape index (κ2) is 6.88. The highest BCUT2D eigenvalue weighted by molar-refractivity contribution is 9.10. The van der Waals surface area contributed by atoms with Crippen molar-refractivity contribution in [2.45, 2.75) is 19.4 Å². The van der Waals surface area contributed by atoms with Gasteiger partial charge in [-0.25, -0.2) is 0 Å². The van der Waals surface area contributed by atoms with Gasteiger partial charge in [-0.15, -0.1) is 0 Å². The van der Waals surface area contributed by atoms with Crippen LogP contribution in [0.3, 0.4) is 0 Å². The third-order valence-corrected chi connectivity index (χ3v) is 2.61. The number of benzene rings is 1. The van der Waals surface area contributed by atoms with Crippen molar-refractivity contribution in [3.05, 3.63) is 22.2 Å². The molecule has 0 atom stereocenters. The van der Waals surface area contributed by atoms with E-state index >= 15 is 0 Å². The molecule has 0 bridgehead atoms. The average Bonchev–Trinajstić information content (AvgIpc) is 2.23. The van der Waals surface area contributed by atoms with Gasteiger partial charge in [-0.3, -0.25) is 0 Å². The van der Waals surface area contributed by atoms with Gasteiger partial charge in [0.05, 0.1) is 4.47 Å². The van der Waals surface area contributed by atoms with Gasteiger partial charge < -0.3 is 35.6 Å². The molecular weight excluding hydrogens is 310 g/mol. The van der Waals surface area contributed by atoms with E-state index < -0.39 is 13.0 Å². The Balaban J connectivity index is 3.07. The van der Waals surface area contributed by atoms with Crippen LogP contribution in [0, 0.1) is 0 Å². The van der Waals surface area contributed by atoms with Crippen LogP contribution in [0.25, 0.3) is 0 Å². The van der Waals surface area contributed by atoms with Gasteiger partial charge in [0.2, 0.25) is 0 Å². The molecule has 18 heavy (non-hydrogen) atoms. The zero-order valence-electron chi connectivity index (χ0n) is 9.28. The van der Waals surface area contributed by atoms with Gasteiger partial charge in [-0.2, -0.15) is 0 Å². The molecule has 102 valence electrons. The average molecular weight is 324 g/mol. The van der Waals surface area contributed by atoms with E-state index in [4.69, 9.17) is 35.6 Å². The molecule has 0 aromatic heterocycles. The molecule has 6 N–H and O–H groups in total. The number of hydrogen-bond acceptors (Lipinski definition) is 7. The maximum Gasteiger partial charge on any atom is 0.310 e. The first-order valence-electron chi connectivity index (χ1n) is 5.02. The Morgan fingerprint density at radius 2 is 1.61 bits per heavy atom. The van der Waals surface area contributed by atoms with E-state index in [9.17, 15) is 0 Å². The molecule has 0 radical (unpaired) electrons. The molecule has 1 aromatic rings. The smallest absolute Gasteiger partial charge is 0.310 e. The van der Waals surface area contributed by atoms with Crippen LogP contribution in [0.1, 0.15) is 5.56 Å². The maximum absolute atomic E-state index is 8.78. The molecule has 0 saturated heterocycles. The minimum atomic E-state index is -1.96. The first kappa shape index (κ1) is 15.2. The molecule has 0 aliphatic carbocycles. The molecule has 0 fully saturated rings. The SMILES string of the molecule is NCCc1cc(OC(O)O)c(Br)cc1OC(O)O. The van der Waals surface area contributed by atoms with Crippen LogP contribution in [0.15, 0.2) is 16.6 Å². The lowest BCUT2D eigenvalue weighted by atomic mass is 10.1. The molecule has 0 saturated carbocycles. The Bertz CT molecular complexity index is 398. The molecule has 0 unspecified atom stereocenters. The number of aliphatic hydroxyl groups excluding tert-OH is 2. The van der Waals surface area contributed by atoms with Gasteiger partial charge in [0.15, 0.2) is 0 Å². The van der Waals surface area contributed by atoms with E-state index in [1.165, 1.54) is 12.1 Å². The second-order valence-corrected chi connectivity index (χ2v) is 4.17. The minimum Gasteiger partial charge on any atom is -0.441 e. The molecule has 0 aliphatic heterocycles. The molecule has 0 spiro atoms. The maximum atomic E-state index is 8.78. The number of aliphatic hydroxyl groups is 4. The number of hydrogen-bond donors (Lipinski definition) is 5. The van der Waals surface area contributed by atoms with Crippen LogP contribution in [0.5, 0.6) is 11.5 Å². The van der Waals surface area contributed by atoms with E-state index in [1.54, 1.807) is 0 Å². The molecule has 0 heterocycles. The van der Waals surface area contributed by atoms with Crippen molar-refractivity contribution in [2.75, 3.05) is 6.54 Å². The van der Waals surface area contributed by atoms with Crippen molar-refractivity contribution >= 4 is 15.9 Å². The largest absolute Gasteiger partial charge is 0.441 e. The molecule has 7 nitrogen and oxygen atoms in total. The van der Waals surface area contributed by atoms with Crippen molar-refractivity contribution < 1.29 is 29.9 Å². The first-order valence-corrected chi connectivity index (χ1v) is 5.81. The molecular formula is C10H14BrNO6. The molecule has 8 heteroatoms. The normalized spacial score (nSPS) is 11.1. The summed E-state index contributed by atoms with van der Waals surface area (Å²) in [4.78, 5) is 0. The van der Waals surface area contributed by atoms with Crippen LogP contribution in [-0.4, -0.2) is 39.9 Å². The van der Waals surface area contributed by atoms with Gasteiger partial charge in [0.25, 0.3) is 0 Å². The van der Waals surface area contributed by atoms with Crippen LogP contribution >= 0.6 is 15.9 Å². The summed E-state index contributed by atoms with van der Waals surface area (Å²) in [5.74, 6) is 0.385. The van der Waals surface area contributed by atoms with Crippen molar-refractivity contribution in [1.82, 2.24) is 0 Å². The topological polar surface area (TPSA) is 125 Å².